The Balaban J connectivity index is 1.35. The molecule has 0 radical (unpaired) electrons. The van der Waals surface area contributed by atoms with Gasteiger partial charge in [-0.2, -0.15) is 4.98 Å². The number of nitrogens with zero attached hydrogens (tertiary/aromatic N) is 7. The fourth-order valence-electron chi connectivity index (χ4n) is 4.55. The first kappa shape index (κ1) is 31.0. The standard InChI is InChI=1S/C24H26N10O7S3/c1-4-12(21(37)38)41-31-13(11-7-43-23(26)28-11)17(35)29-14-19(36)33-15(22(39)40)10(5-42-20(14)33)6-44-24-30-16(25)9(2)18-32(3)8-27-34(18)24/h7-8,12,14,20,25H,4-6H2,1-3H3,(H5,26,28,29,35,37,38,39,40)/b31-13-/t12-,14?,20-/m1/s1. The van der Waals surface area contributed by atoms with Crippen molar-refractivity contribution in [1.82, 2.24) is 29.8 Å². The third kappa shape index (κ3) is 5.62. The van der Waals surface area contributed by atoms with Gasteiger partial charge in [0.25, 0.3) is 28.9 Å². The van der Waals surface area contributed by atoms with Crippen molar-refractivity contribution in [3.05, 3.63) is 34.2 Å². The summed E-state index contributed by atoms with van der Waals surface area (Å²) >= 11 is 3.48. The maximum Gasteiger partial charge on any atom is 0.347 e. The Morgan fingerprint density at radius 1 is 1.36 bits per heavy atom. The molecule has 6 N–H and O–H groups in total. The summed E-state index contributed by atoms with van der Waals surface area (Å²) in [5, 5.41) is 33.4. The number of nitrogen functional groups attached to an aromatic ring is 2. The van der Waals surface area contributed by atoms with Gasteiger partial charge in [-0.3, -0.25) is 14.5 Å². The molecule has 5 heterocycles. The van der Waals surface area contributed by atoms with Gasteiger partial charge in [0.2, 0.25) is 6.10 Å². The van der Waals surface area contributed by atoms with Crippen LogP contribution in [0.5, 0.6) is 0 Å². The fraction of sp³-hybridized carbons (Fsp3) is 0.375. The SMILES string of the molecule is CC[C@@H](O/N=C(\C(=O)NC1C(=O)N2C(C(=O)[O-])=C(CSc3nc(N)c(C)c4n3nc[n+]4C)CS[C@H]12)c1csc(N)n1)C(=O)O. The van der Waals surface area contributed by atoms with Crippen LogP contribution in [0.4, 0.5) is 10.9 Å². The summed E-state index contributed by atoms with van der Waals surface area (Å²) in [6.07, 6.45) is 0.349. The van der Waals surface area contributed by atoms with Crippen LogP contribution >= 0.6 is 34.9 Å². The molecule has 0 bridgehead atoms. The monoisotopic (exact) mass is 662 g/mol. The smallest absolute Gasteiger partial charge is 0.347 e. The number of carboxylic acid groups (broad SMARTS) is 2. The van der Waals surface area contributed by atoms with Gasteiger partial charge in [0.1, 0.15) is 22.9 Å². The second-order valence-electron chi connectivity index (χ2n) is 9.62. The second-order valence-corrected chi connectivity index (χ2v) is 12.6. The van der Waals surface area contributed by atoms with Gasteiger partial charge in [-0.25, -0.2) is 14.3 Å². The van der Waals surface area contributed by atoms with Crippen molar-refractivity contribution in [2.75, 3.05) is 23.0 Å². The molecular formula is C24H26N10O7S3. The number of anilines is 2. The largest absolute Gasteiger partial charge is 0.543 e. The van der Waals surface area contributed by atoms with Crippen molar-refractivity contribution in [2.45, 2.75) is 42.9 Å². The van der Waals surface area contributed by atoms with Crippen LogP contribution in [0.15, 0.2) is 33.3 Å². The van der Waals surface area contributed by atoms with Gasteiger partial charge in [-0.15, -0.1) is 23.1 Å². The molecule has 0 saturated carbocycles. The Labute approximate surface area is 261 Å². The van der Waals surface area contributed by atoms with Crippen molar-refractivity contribution in [3.8, 4) is 0 Å². The number of carbonyl (C=O) groups excluding carboxylic acids is 3. The van der Waals surface area contributed by atoms with E-state index in [9.17, 15) is 29.4 Å². The van der Waals surface area contributed by atoms with Gasteiger partial charge in [-0.05, 0) is 23.4 Å². The van der Waals surface area contributed by atoms with E-state index >= 15 is 0 Å². The van der Waals surface area contributed by atoms with E-state index in [1.54, 1.807) is 22.3 Å². The van der Waals surface area contributed by atoms with E-state index in [1.165, 1.54) is 28.9 Å². The van der Waals surface area contributed by atoms with Gasteiger partial charge < -0.3 is 36.6 Å². The lowest BCUT2D eigenvalue weighted by Gasteiger charge is -2.50. The van der Waals surface area contributed by atoms with Crippen molar-refractivity contribution in [2.24, 2.45) is 12.2 Å². The van der Waals surface area contributed by atoms with Crippen LogP contribution in [0.25, 0.3) is 5.65 Å². The van der Waals surface area contributed by atoms with Crippen molar-refractivity contribution < 1.29 is 38.8 Å². The number of β-lactam (4-membered cyclic amide) rings is 1. The summed E-state index contributed by atoms with van der Waals surface area (Å²) < 4.78 is 3.39. The first-order chi connectivity index (χ1) is 20.9. The number of oxime groups is 1. The number of thiazole rings is 1. The van der Waals surface area contributed by atoms with Gasteiger partial charge in [0.05, 0.1) is 24.3 Å². The highest BCUT2D eigenvalue weighted by Crippen LogP contribution is 2.41. The van der Waals surface area contributed by atoms with Crippen LogP contribution < -0.4 is 26.5 Å². The zero-order chi connectivity index (χ0) is 31.9. The van der Waals surface area contributed by atoms with E-state index in [0.717, 1.165) is 27.4 Å². The third-order valence-corrected chi connectivity index (χ3v) is 9.82. The van der Waals surface area contributed by atoms with E-state index in [0.29, 0.717) is 16.5 Å². The average Bonchev–Trinajstić information content (AvgIpc) is 3.59. The predicted molar refractivity (Wildman–Crippen MR) is 157 cm³/mol. The summed E-state index contributed by atoms with van der Waals surface area (Å²) in [6.45, 7) is 3.38. The first-order valence-corrected chi connectivity index (χ1v) is 15.8. The Hall–Kier alpha value is -4.43. The van der Waals surface area contributed by atoms with Gasteiger partial charge in [0, 0.05) is 22.0 Å². The third-order valence-electron chi connectivity index (χ3n) is 6.79. The van der Waals surface area contributed by atoms with Gasteiger partial charge in [0.15, 0.2) is 10.8 Å². The quantitative estimate of drug-likeness (QED) is 0.0445. The minimum atomic E-state index is -1.54. The Morgan fingerprint density at radius 3 is 2.75 bits per heavy atom. The van der Waals surface area contributed by atoms with E-state index in [2.05, 4.69) is 25.5 Å². The predicted octanol–water partition coefficient (Wildman–Crippen LogP) is -1.74. The Kier molecular flexibility index (Phi) is 8.66. The number of carboxylic acids is 2. The van der Waals surface area contributed by atoms with Crippen molar-refractivity contribution >= 4 is 80.9 Å². The average molecular weight is 663 g/mol. The molecule has 1 unspecified atom stereocenters. The molecule has 2 aliphatic rings. The summed E-state index contributed by atoms with van der Waals surface area (Å²) in [4.78, 5) is 64.7. The van der Waals surface area contributed by atoms with E-state index in [1.807, 2.05) is 14.0 Å². The van der Waals surface area contributed by atoms with Crippen LogP contribution in [0.2, 0.25) is 0 Å². The number of aryl methyl sites for hydroxylation is 2. The van der Waals surface area contributed by atoms with Crippen LogP contribution in [-0.2, 0) is 31.1 Å². The van der Waals surface area contributed by atoms with E-state index in [-0.39, 0.29) is 40.2 Å². The van der Waals surface area contributed by atoms with Crippen molar-refractivity contribution in [1.29, 1.82) is 0 Å². The highest BCUT2D eigenvalue weighted by molar-refractivity contribution is 8.01. The fourth-order valence-corrected chi connectivity index (χ4v) is 7.53. The Bertz CT molecular complexity index is 1750. The zero-order valence-electron chi connectivity index (χ0n) is 23.4. The molecule has 17 nitrogen and oxygen atoms in total. The Morgan fingerprint density at radius 2 is 2.11 bits per heavy atom. The van der Waals surface area contributed by atoms with Crippen LogP contribution in [0.1, 0.15) is 24.6 Å². The maximum atomic E-state index is 13.2. The molecule has 0 spiro atoms. The van der Waals surface area contributed by atoms with Crippen LogP contribution in [0, 0.1) is 6.92 Å². The molecule has 232 valence electrons. The number of hydrogen-bond acceptors (Lipinski definition) is 15. The minimum absolute atomic E-state index is 0.0186. The summed E-state index contributed by atoms with van der Waals surface area (Å²) in [7, 11) is 1.81. The second kappa shape index (κ2) is 12.3. The number of aliphatic carboxylic acids is 2. The van der Waals surface area contributed by atoms with E-state index in [4.69, 9.17) is 16.3 Å². The molecule has 0 aliphatic carbocycles. The number of thioether (sulfide) groups is 2. The van der Waals surface area contributed by atoms with E-state index < -0.39 is 41.3 Å². The van der Waals surface area contributed by atoms with Gasteiger partial charge in [-0.1, -0.05) is 23.8 Å². The number of carbonyl (C=O) groups is 4. The van der Waals surface area contributed by atoms with Crippen LogP contribution in [0.3, 0.4) is 0 Å². The number of fused-ring (bicyclic) bond motifs is 2. The lowest BCUT2D eigenvalue weighted by Crippen LogP contribution is -2.71. The molecule has 2 amide bonds. The van der Waals surface area contributed by atoms with Crippen LogP contribution in [-0.4, -0.2) is 88.1 Å². The molecule has 3 atom stereocenters. The highest BCUT2D eigenvalue weighted by Gasteiger charge is 2.53. The van der Waals surface area contributed by atoms with Crippen molar-refractivity contribution in [3.63, 3.8) is 0 Å². The molecule has 2 aliphatic heterocycles. The number of aromatic nitrogens is 5. The normalized spacial score (nSPS) is 19.0. The minimum Gasteiger partial charge on any atom is -0.543 e. The molecule has 1 saturated heterocycles. The molecule has 44 heavy (non-hydrogen) atoms. The summed E-state index contributed by atoms with van der Waals surface area (Å²) in [5.74, 6) is -3.69. The zero-order valence-corrected chi connectivity index (χ0v) is 25.9. The maximum absolute atomic E-state index is 13.2. The summed E-state index contributed by atoms with van der Waals surface area (Å²) in [6, 6.07) is -1.11. The number of hydrogen-bond donors (Lipinski definition) is 4. The molecule has 0 aromatic carbocycles. The first-order valence-electron chi connectivity index (χ1n) is 12.9. The summed E-state index contributed by atoms with van der Waals surface area (Å²) in [5.41, 5.74) is 13.0. The number of nitrogens with two attached hydrogens (primary N) is 2. The number of nitrogens with one attached hydrogen (secondary N) is 1. The molecule has 3 aromatic heterocycles. The molecule has 3 aromatic rings. The number of rotatable bonds is 11. The number of amides is 2. The molecule has 1 fully saturated rings. The molecular weight excluding hydrogens is 637 g/mol. The highest BCUT2D eigenvalue weighted by atomic mass is 32.2. The molecule has 20 heteroatoms. The van der Waals surface area contributed by atoms with Gasteiger partial charge >= 0.3 is 5.97 Å². The molecule has 5 rings (SSSR count). The lowest BCUT2D eigenvalue weighted by atomic mass is 10.0. The lowest BCUT2D eigenvalue weighted by molar-refractivity contribution is -0.646. The topological polar surface area (TPSA) is 247 Å².